The van der Waals surface area contributed by atoms with E-state index in [2.05, 4.69) is 24.1 Å². The van der Waals surface area contributed by atoms with Crippen LogP contribution in [0.1, 0.15) is 29.8 Å². The maximum absolute atomic E-state index is 12.2. The third kappa shape index (κ3) is 7.46. The van der Waals surface area contributed by atoms with E-state index in [1.54, 1.807) is 56.7 Å². The lowest BCUT2D eigenvalue weighted by Gasteiger charge is -2.17. The quantitative estimate of drug-likeness (QED) is 0.434. The van der Waals surface area contributed by atoms with Gasteiger partial charge >= 0.3 is 5.97 Å². The molecule has 0 fully saturated rings. The van der Waals surface area contributed by atoms with Crippen LogP contribution in [0.4, 0.5) is 5.69 Å². The van der Waals surface area contributed by atoms with E-state index in [-0.39, 0.29) is 11.9 Å². The van der Waals surface area contributed by atoms with Gasteiger partial charge in [0, 0.05) is 18.3 Å². The number of rotatable bonds is 11. The molecule has 0 heterocycles. The fraction of sp³-hybridized carbons (Fsp3) is 0.333. The highest BCUT2D eigenvalue weighted by Crippen LogP contribution is 2.28. The molecular formula is C24H30N2O5. The molecule has 0 spiro atoms. The Bertz CT molecular complexity index is 889. The van der Waals surface area contributed by atoms with Gasteiger partial charge in [0.15, 0.2) is 11.5 Å². The standard InChI is InChI=1S/C24H30N2O5/c1-5-26(6-2)15-16-31-24(28)19-9-11-20(12-10-19)25-23(27)14-8-18-7-13-21(29-3)22(17-18)30-4/h7-14,17H,5-6,15-16H2,1-4H3,(H,25,27)/b14-8+. The molecule has 166 valence electrons. The number of carbonyl (C=O) groups is 2. The normalized spacial score (nSPS) is 10.9. The highest BCUT2D eigenvalue weighted by Gasteiger charge is 2.09. The van der Waals surface area contributed by atoms with Crippen molar-refractivity contribution >= 4 is 23.6 Å². The Morgan fingerprint density at radius 1 is 0.968 bits per heavy atom. The number of hydrogen-bond acceptors (Lipinski definition) is 6. The lowest BCUT2D eigenvalue weighted by atomic mass is 10.2. The van der Waals surface area contributed by atoms with Crippen LogP contribution >= 0.6 is 0 Å². The number of benzene rings is 2. The van der Waals surface area contributed by atoms with Gasteiger partial charge in [0.1, 0.15) is 6.61 Å². The fourth-order valence-electron chi connectivity index (χ4n) is 2.89. The Hall–Kier alpha value is -3.32. The summed E-state index contributed by atoms with van der Waals surface area (Å²) < 4.78 is 15.8. The Balaban J connectivity index is 1.88. The van der Waals surface area contributed by atoms with Gasteiger partial charge in [0.05, 0.1) is 19.8 Å². The zero-order valence-electron chi connectivity index (χ0n) is 18.5. The topological polar surface area (TPSA) is 77.1 Å². The smallest absolute Gasteiger partial charge is 0.338 e. The van der Waals surface area contributed by atoms with E-state index in [1.165, 1.54) is 6.08 Å². The molecule has 0 aliphatic carbocycles. The average Bonchev–Trinajstić information content (AvgIpc) is 2.80. The van der Waals surface area contributed by atoms with Crippen LogP contribution in [0.2, 0.25) is 0 Å². The number of amides is 1. The van der Waals surface area contributed by atoms with E-state index in [1.807, 2.05) is 6.07 Å². The Labute approximate surface area is 183 Å². The molecule has 1 N–H and O–H groups in total. The highest BCUT2D eigenvalue weighted by atomic mass is 16.5. The van der Waals surface area contributed by atoms with Gasteiger partial charge in [-0.2, -0.15) is 0 Å². The van der Waals surface area contributed by atoms with E-state index in [0.717, 1.165) is 18.7 Å². The molecule has 0 unspecified atom stereocenters. The first-order valence-corrected chi connectivity index (χ1v) is 10.2. The van der Waals surface area contributed by atoms with Crippen LogP contribution < -0.4 is 14.8 Å². The number of nitrogens with one attached hydrogen (secondary N) is 1. The van der Waals surface area contributed by atoms with Crippen LogP contribution in [0.15, 0.2) is 48.5 Å². The Morgan fingerprint density at radius 3 is 2.26 bits per heavy atom. The number of methoxy groups -OCH3 is 2. The van der Waals surface area contributed by atoms with Crippen molar-refractivity contribution in [2.75, 3.05) is 45.8 Å². The molecule has 2 aromatic carbocycles. The molecule has 0 aliphatic rings. The number of nitrogens with zero attached hydrogens (tertiary/aromatic N) is 1. The molecule has 0 atom stereocenters. The van der Waals surface area contributed by atoms with E-state index in [4.69, 9.17) is 14.2 Å². The third-order valence-corrected chi connectivity index (χ3v) is 4.76. The van der Waals surface area contributed by atoms with Crippen LogP contribution in [-0.2, 0) is 9.53 Å². The van der Waals surface area contributed by atoms with E-state index in [9.17, 15) is 9.59 Å². The Kier molecular flexibility index (Phi) is 9.58. The zero-order chi connectivity index (χ0) is 22.6. The van der Waals surface area contributed by atoms with Crippen LogP contribution in [-0.4, -0.2) is 57.2 Å². The monoisotopic (exact) mass is 426 g/mol. The maximum atomic E-state index is 12.2. The second-order valence-electron chi connectivity index (χ2n) is 6.68. The third-order valence-electron chi connectivity index (χ3n) is 4.76. The lowest BCUT2D eigenvalue weighted by Crippen LogP contribution is -2.27. The molecule has 0 saturated carbocycles. The molecule has 0 bridgehead atoms. The summed E-state index contributed by atoms with van der Waals surface area (Å²) in [6.45, 7) is 7.04. The summed E-state index contributed by atoms with van der Waals surface area (Å²) in [4.78, 5) is 26.5. The van der Waals surface area contributed by atoms with Crippen LogP contribution in [0, 0.1) is 0 Å². The van der Waals surface area contributed by atoms with Crippen molar-refractivity contribution in [3.63, 3.8) is 0 Å². The predicted octanol–water partition coefficient (Wildman–Crippen LogP) is 3.85. The van der Waals surface area contributed by atoms with Gasteiger partial charge in [-0.1, -0.05) is 19.9 Å². The summed E-state index contributed by atoms with van der Waals surface area (Å²) in [5.41, 5.74) is 1.83. The summed E-state index contributed by atoms with van der Waals surface area (Å²) in [6.07, 6.45) is 3.11. The molecule has 0 aliphatic heterocycles. The first-order valence-electron chi connectivity index (χ1n) is 10.2. The summed E-state index contributed by atoms with van der Waals surface area (Å²) >= 11 is 0. The van der Waals surface area contributed by atoms with Gasteiger partial charge in [-0.25, -0.2) is 4.79 Å². The molecule has 7 nitrogen and oxygen atoms in total. The minimum atomic E-state index is -0.376. The van der Waals surface area contributed by atoms with Crippen molar-refractivity contribution in [2.24, 2.45) is 0 Å². The highest BCUT2D eigenvalue weighted by molar-refractivity contribution is 6.02. The average molecular weight is 427 g/mol. The first-order chi connectivity index (χ1) is 15.0. The Morgan fingerprint density at radius 2 is 1.65 bits per heavy atom. The number of anilines is 1. The van der Waals surface area contributed by atoms with Gasteiger partial charge < -0.3 is 24.4 Å². The second kappa shape index (κ2) is 12.4. The van der Waals surface area contributed by atoms with Crippen molar-refractivity contribution in [1.29, 1.82) is 0 Å². The number of carbonyl (C=O) groups excluding carboxylic acids is 2. The molecular weight excluding hydrogens is 396 g/mol. The maximum Gasteiger partial charge on any atom is 0.338 e. The number of hydrogen-bond donors (Lipinski definition) is 1. The lowest BCUT2D eigenvalue weighted by molar-refractivity contribution is -0.111. The van der Waals surface area contributed by atoms with Crippen LogP contribution in [0.3, 0.4) is 0 Å². The summed E-state index contributed by atoms with van der Waals surface area (Å²) in [6, 6.07) is 12.0. The number of ether oxygens (including phenoxy) is 3. The number of likely N-dealkylation sites (N-methyl/N-ethyl adjacent to an activating group) is 1. The predicted molar refractivity (Wildman–Crippen MR) is 122 cm³/mol. The van der Waals surface area contributed by atoms with E-state index >= 15 is 0 Å². The molecule has 0 saturated heterocycles. The van der Waals surface area contributed by atoms with Crippen molar-refractivity contribution < 1.29 is 23.8 Å². The van der Waals surface area contributed by atoms with Crippen molar-refractivity contribution in [1.82, 2.24) is 4.90 Å². The van der Waals surface area contributed by atoms with E-state index in [0.29, 0.717) is 35.9 Å². The minimum Gasteiger partial charge on any atom is -0.493 e. The first kappa shape index (κ1) is 24.0. The number of esters is 1. The zero-order valence-corrected chi connectivity index (χ0v) is 18.5. The summed E-state index contributed by atoms with van der Waals surface area (Å²) in [5, 5.41) is 2.76. The summed E-state index contributed by atoms with van der Waals surface area (Å²) in [7, 11) is 3.13. The van der Waals surface area contributed by atoms with Crippen molar-refractivity contribution in [3.05, 3.63) is 59.7 Å². The molecule has 0 radical (unpaired) electrons. The van der Waals surface area contributed by atoms with Crippen molar-refractivity contribution in [2.45, 2.75) is 13.8 Å². The SMILES string of the molecule is CCN(CC)CCOC(=O)c1ccc(NC(=O)/C=C/c2ccc(OC)c(OC)c2)cc1. The molecule has 7 heteroatoms. The van der Waals surface area contributed by atoms with E-state index < -0.39 is 0 Å². The largest absolute Gasteiger partial charge is 0.493 e. The van der Waals surface area contributed by atoms with Crippen LogP contribution in [0.5, 0.6) is 11.5 Å². The van der Waals surface area contributed by atoms with Gasteiger partial charge in [-0.05, 0) is 61.1 Å². The van der Waals surface area contributed by atoms with Gasteiger partial charge in [-0.15, -0.1) is 0 Å². The molecule has 2 aromatic rings. The molecule has 1 amide bonds. The fourth-order valence-corrected chi connectivity index (χ4v) is 2.89. The van der Waals surface area contributed by atoms with Gasteiger partial charge in [-0.3, -0.25) is 4.79 Å². The van der Waals surface area contributed by atoms with Gasteiger partial charge in [0.2, 0.25) is 5.91 Å². The van der Waals surface area contributed by atoms with Crippen LogP contribution in [0.25, 0.3) is 6.08 Å². The van der Waals surface area contributed by atoms with Gasteiger partial charge in [0.25, 0.3) is 0 Å². The van der Waals surface area contributed by atoms with Crippen molar-refractivity contribution in [3.8, 4) is 11.5 Å². The molecule has 2 rings (SSSR count). The second-order valence-corrected chi connectivity index (χ2v) is 6.68. The summed E-state index contributed by atoms with van der Waals surface area (Å²) in [5.74, 6) is 0.545. The molecule has 31 heavy (non-hydrogen) atoms. The minimum absolute atomic E-state index is 0.288. The molecule has 0 aromatic heterocycles.